The van der Waals surface area contributed by atoms with Gasteiger partial charge in [-0.25, -0.2) is 0 Å². The molecule has 8 atom stereocenters. The van der Waals surface area contributed by atoms with Crippen LogP contribution in [-0.2, 0) is 33.6 Å². The lowest BCUT2D eigenvalue weighted by Crippen LogP contribution is -2.48. The molecule has 4 aliphatic rings. The van der Waals surface area contributed by atoms with Gasteiger partial charge in [0, 0.05) is 39.5 Å². The average molecular weight is 1510 g/mol. The fourth-order valence-electron chi connectivity index (χ4n) is 14.2. The zero-order valence-corrected chi connectivity index (χ0v) is 69.9. The van der Waals surface area contributed by atoms with E-state index in [9.17, 15) is 33.6 Å². The average Bonchev–Trinajstić information content (AvgIpc) is 0.748. The van der Waals surface area contributed by atoms with Crippen molar-refractivity contribution in [2.24, 2.45) is 104 Å². The van der Waals surface area contributed by atoms with E-state index in [4.69, 9.17) is 81.2 Å². The highest BCUT2D eigenvalue weighted by Crippen LogP contribution is 2.60. The van der Waals surface area contributed by atoms with Crippen LogP contribution in [0.4, 0.5) is 0 Å². The first-order valence-electron chi connectivity index (χ1n) is 35.4. The van der Waals surface area contributed by atoms with Gasteiger partial charge in [0.05, 0.1) is 5.92 Å². The zero-order chi connectivity index (χ0) is 73.4. The van der Waals surface area contributed by atoms with E-state index in [1.807, 2.05) is 67.5 Å². The molecule has 0 aliphatic heterocycles. The highest BCUT2D eigenvalue weighted by atomic mass is 79.9. The van der Waals surface area contributed by atoms with Gasteiger partial charge in [-0.1, -0.05) is 210 Å². The molecule has 93 heavy (non-hydrogen) atoms. The summed E-state index contributed by atoms with van der Waals surface area (Å²) in [6.07, 6.45) is 22.8. The molecule has 4 fully saturated rings. The number of halogens is 8. The number of hydrogen-bond donors (Lipinski definition) is 0. The van der Waals surface area contributed by atoms with Crippen molar-refractivity contribution in [2.75, 3.05) is 0 Å². The molecule has 544 valence electrons. The molecular formula is C78H134BrCl7O7. The maximum Gasteiger partial charge on any atom is 0.229 e. The highest BCUT2D eigenvalue weighted by Gasteiger charge is 2.54. The van der Waals surface area contributed by atoms with Gasteiger partial charge in [-0.05, 0) is 294 Å². The third-order valence-electron chi connectivity index (χ3n) is 18.7. The lowest BCUT2D eigenvalue weighted by atomic mass is 9.50. The van der Waals surface area contributed by atoms with E-state index in [-0.39, 0.29) is 93.3 Å². The molecule has 0 saturated heterocycles. The van der Waals surface area contributed by atoms with E-state index in [2.05, 4.69) is 134 Å². The first-order valence-corrected chi connectivity index (χ1v) is 38.8. The summed E-state index contributed by atoms with van der Waals surface area (Å²) in [4.78, 5) is 77.8. The quantitative estimate of drug-likeness (QED) is 0.0767. The lowest BCUT2D eigenvalue weighted by Gasteiger charge is -2.55. The van der Waals surface area contributed by atoms with E-state index in [0.29, 0.717) is 39.5 Å². The minimum atomic E-state index is -0.332. The predicted molar refractivity (Wildman–Crippen MR) is 409 cm³/mol. The number of rotatable bonds is 28. The van der Waals surface area contributed by atoms with E-state index >= 15 is 0 Å². The number of benzene rings is 1. The SMILES string of the molecule is CC(C)C(C(=O)Cl)c1ccc(Cl)cc1.CC(CCC(C(=O)Br)C(C)CC(C)(C)C)CC(C)(C)C.CC(CCC(C(=O)Cl)C(C)CC(C)(C)C)CC(C)(C)C.CCC(C)(C)C(=O)Cl.CCC(CC)C(=O)Cl.CCCCC(CC)C(=O)Cl.O=C(Cl)C12CC3CC(CC(C3)C1)C2. The summed E-state index contributed by atoms with van der Waals surface area (Å²) >= 11 is 41.9. The first kappa shape index (κ1) is 96.6. The molecule has 4 bridgehead atoms. The molecule has 0 amide bonds. The molecule has 0 heterocycles. The summed E-state index contributed by atoms with van der Waals surface area (Å²) in [5.74, 6) is 4.94. The van der Waals surface area contributed by atoms with E-state index in [0.717, 1.165) is 126 Å². The smallest absolute Gasteiger partial charge is 0.229 e. The van der Waals surface area contributed by atoms with Crippen LogP contribution in [0, 0.1) is 104 Å². The van der Waals surface area contributed by atoms with Crippen LogP contribution in [0.5, 0.6) is 0 Å². The summed E-state index contributed by atoms with van der Waals surface area (Å²) in [5, 5.41) is -0.456. The van der Waals surface area contributed by atoms with Gasteiger partial charge >= 0.3 is 0 Å². The Hall–Kier alpha value is -0.580. The summed E-state index contributed by atoms with van der Waals surface area (Å²) in [7, 11) is 0. The fraction of sp³-hybridized carbons (Fsp3) is 0.833. The van der Waals surface area contributed by atoms with Gasteiger partial charge in [0.15, 0.2) is 0 Å². The van der Waals surface area contributed by atoms with Gasteiger partial charge in [-0.2, -0.15) is 0 Å². The van der Waals surface area contributed by atoms with Crippen molar-refractivity contribution in [3.05, 3.63) is 34.9 Å². The summed E-state index contributed by atoms with van der Waals surface area (Å²) < 4.78 is 0.192. The Morgan fingerprint density at radius 2 is 0.839 bits per heavy atom. The van der Waals surface area contributed by atoms with Gasteiger partial charge in [0.25, 0.3) is 0 Å². The normalized spacial score (nSPS) is 20.1. The van der Waals surface area contributed by atoms with Crippen molar-refractivity contribution >= 4 is 133 Å². The number of carbonyl (C=O) groups is 7. The second-order valence-electron chi connectivity index (χ2n) is 34.1. The Morgan fingerprint density at radius 1 is 0.484 bits per heavy atom. The molecule has 0 aromatic heterocycles. The predicted octanol–water partition coefficient (Wildman–Crippen LogP) is 26.9. The molecule has 1 aromatic carbocycles. The fourth-order valence-corrected chi connectivity index (χ4v) is 16.6. The first-order chi connectivity index (χ1) is 42.3. The van der Waals surface area contributed by atoms with Crippen molar-refractivity contribution in [1.82, 2.24) is 0 Å². The van der Waals surface area contributed by atoms with Crippen molar-refractivity contribution in [3.8, 4) is 0 Å². The van der Waals surface area contributed by atoms with Crippen LogP contribution >= 0.6 is 97.1 Å². The number of hydrogen-bond acceptors (Lipinski definition) is 7. The van der Waals surface area contributed by atoms with Crippen molar-refractivity contribution in [1.29, 1.82) is 0 Å². The van der Waals surface area contributed by atoms with Crippen molar-refractivity contribution in [2.45, 2.75) is 314 Å². The Labute approximate surface area is 614 Å². The molecule has 0 radical (unpaired) electrons. The molecule has 5 rings (SSSR count). The molecule has 4 saturated carbocycles. The maximum atomic E-state index is 11.9. The molecular weight excluding hydrogens is 1380 g/mol. The molecule has 8 unspecified atom stereocenters. The summed E-state index contributed by atoms with van der Waals surface area (Å²) in [6.45, 7) is 53.7. The zero-order valence-electron chi connectivity index (χ0n) is 63.0. The third-order valence-corrected chi connectivity index (χ3v) is 21.6. The lowest BCUT2D eigenvalue weighted by molar-refractivity contribution is -0.135. The number of carbonyl (C=O) groups excluding carboxylic acids is 7. The minimum absolute atomic E-state index is 0.0123. The largest absolute Gasteiger partial charge is 0.286 e. The third kappa shape index (κ3) is 45.0. The van der Waals surface area contributed by atoms with Gasteiger partial charge < -0.3 is 0 Å². The summed E-state index contributed by atoms with van der Waals surface area (Å²) in [6, 6.07) is 7.22. The Kier molecular flexibility index (Phi) is 48.6. The molecule has 1 aromatic rings. The van der Waals surface area contributed by atoms with E-state index in [1.165, 1.54) is 32.1 Å². The van der Waals surface area contributed by atoms with Crippen LogP contribution < -0.4 is 0 Å². The van der Waals surface area contributed by atoms with Crippen LogP contribution in [-0.4, -0.2) is 36.1 Å². The van der Waals surface area contributed by atoms with Crippen molar-refractivity contribution in [3.63, 3.8) is 0 Å². The van der Waals surface area contributed by atoms with Crippen molar-refractivity contribution < 1.29 is 33.6 Å². The summed E-state index contributed by atoms with van der Waals surface area (Å²) in [5.41, 5.74) is 1.79. The van der Waals surface area contributed by atoms with E-state index in [1.54, 1.807) is 12.1 Å². The molecule has 7 nitrogen and oxygen atoms in total. The molecule has 4 aliphatic carbocycles. The minimum Gasteiger partial charge on any atom is -0.286 e. The van der Waals surface area contributed by atoms with Crippen LogP contribution in [0.25, 0.3) is 0 Å². The van der Waals surface area contributed by atoms with Crippen LogP contribution in [0.3, 0.4) is 0 Å². The maximum absolute atomic E-state index is 11.9. The van der Waals surface area contributed by atoms with Crippen LogP contribution in [0.15, 0.2) is 24.3 Å². The van der Waals surface area contributed by atoms with Crippen LogP contribution in [0.1, 0.15) is 319 Å². The highest BCUT2D eigenvalue weighted by molar-refractivity contribution is 9.18. The topological polar surface area (TPSA) is 119 Å². The van der Waals surface area contributed by atoms with Gasteiger partial charge in [-0.15, -0.1) is 0 Å². The Balaban J connectivity index is -0.00000104. The number of unbranched alkanes of at least 4 members (excludes halogenated alkanes) is 1. The molecule has 0 N–H and O–H groups in total. The molecule has 0 spiro atoms. The second-order valence-corrected chi connectivity index (χ2v) is 37.5. The van der Waals surface area contributed by atoms with Gasteiger partial charge in [-0.3, -0.25) is 33.6 Å². The second kappa shape index (κ2) is 46.8. The Bertz CT molecular complexity index is 2210. The van der Waals surface area contributed by atoms with Gasteiger partial charge in [0.1, 0.15) is 0 Å². The standard InChI is InChI=1S/C18H35BrO.C18H35ClO.C11H12Cl2O.C11H15ClO.C8H15ClO.2C6H11ClO/c2*1-13(11-17(3,4)5)9-10-15(16(19)20)14(2)12-18(6,7)8;1-7(2)10(11(13)14)8-3-5-9(12)6-4-8;12-10(13)11-4-7-1-8(5-11)3-9(2-7)6-11;1-3-5-6-7(4-2)8(9)10;1-4-6(2,3)5(7)8;1-3-5(4-2)6(7)8/h2*13-15H,9-12H2,1-8H3;3-7,10H,1-2H3;7-9H,1-6H2;7H,3-6H2,1-2H3;4H2,1-3H3;5H,3-4H2,1-2H3. The molecule has 15 heteroatoms. The Morgan fingerprint density at radius 3 is 1.08 bits per heavy atom. The van der Waals surface area contributed by atoms with Crippen LogP contribution in [0.2, 0.25) is 5.02 Å². The van der Waals surface area contributed by atoms with Gasteiger partial charge in [0.2, 0.25) is 36.1 Å². The van der Waals surface area contributed by atoms with E-state index < -0.39 is 0 Å². The monoisotopic (exact) mass is 1510 g/mol.